The van der Waals surface area contributed by atoms with Gasteiger partial charge in [0, 0.05) is 36.9 Å². The summed E-state index contributed by atoms with van der Waals surface area (Å²) >= 11 is 5.71. The summed E-state index contributed by atoms with van der Waals surface area (Å²) < 4.78 is 54.3. The Morgan fingerprint density at radius 3 is 2.69 bits per heavy atom. The number of carbonyl (C=O) groups excluding carboxylic acids is 4. The van der Waals surface area contributed by atoms with Crippen LogP contribution < -0.4 is 5.32 Å². The molecule has 4 rings (SSSR count). The van der Waals surface area contributed by atoms with E-state index >= 15 is 0 Å². The van der Waals surface area contributed by atoms with Crippen molar-refractivity contribution in [3.05, 3.63) is 69.7 Å². The fourth-order valence-electron chi connectivity index (χ4n) is 3.61. The molecule has 6 nitrogen and oxygen atoms in total. The summed E-state index contributed by atoms with van der Waals surface area (Å²) in [4.78, 5) is 49.9. The topological polar surface area (TPSA) is 83.6 Å². The summed E-state index contributed by atoms with van der Waals surface area (Å²) in [5, 5.41) is 2.35. The summed E-state index contributed by atoms with van der Waals surface area (Å²) in [6.45, 7) is -1.36. The Kier molecular flexibility index (Phi) is 4.86. The van der Waals surface area contributed by atoms with Gasteiger partial charge in [0.2, 0.25) is 17.6 Å². The number of nitrogens with zero attached hydrogens (tertiary/aromatic N) is 1. The summed E-state index contributed by atoms with van der Waals surface area (Å²) in [7, 11) is 0. The molecule has 1 N–H and O–H groups in total. The molecule has 2 aromatic rings. The summed E-state index contributed by atoms with van der Waals surface area (Å²) in [6.07, 6.45) is -2.43. The van der Waals surface area contributed by atoms with Crippen LogP contribution in [-0.2, 0) is 33.2 Å². The van der Waals surface area contributed by atoms with Gasteiger partial charge < -0.3 is 4.90 Å². The van der Waals surface area contributed by atoms with Gasteiger partial charge in [-0.15, -0.1) is 0 Å². The Morgan fingerprint density at radius 2 is 2.00 bits per heavy atom. The van der Waals surface area contributed by atoms with Gasteiger partial charge in [-0.1, -0.05) is 35.8 Å². The van der Waals surface area contributed by atoms with E-state index in [1.807, 2.05) is 0 Å². The molecule has 0 radical (unpaired) electrons. The maximum Gasteiger partial charge on any atom is 0.330 e. The van der Waals surface area contributed by atoms with Crippen LogP contribution in [0.1, 0.15) is 50.4 Å². The molecule has 166 valence electrons. The molecule has 0 saturated carbocycles. The van der Waals surface area contributed by atoms with E-state index in [0.717, 1.165) is 23.1 Å². The quantitative estimate of drug-likeness (QED) is 0.665. The molecule has 3 unspecified atom stereocenters. The van der Waals surface area contributed by atoms with Crippen molar-refractivity contribution in [2.45, 2.75) is 44.1 Å². The van der Waals surface area contributed by atoms with Crippen LogP contribution in [0.4, 0.5) is 8.78 Å². The molecule has 3 atom stereocenters. The average Bonchev–Trinajstić information content (AvgIpc) is 3.03. The highest BCUT2D eigenvalue weighted by Crippen LogP contribution is 2.32. The van der Waals surface area contributed by atoms with Crippen molar-refractivity contribution in [1.29, 1.82) is 0 Å². The second-order valence-electron chi connectivity index (χ2n) is 7.48. The number of ketones is 1. The molecule has 2 heterocycles. The lowest BCUT2D eigenvalue weighted by Gasteiger charge is -2.29. The number of rotatable bonds is 6. The molecule has 0 aromatic heterocycles. The highest BCUT2D eigenvalue weighted by Gasteiger charge is 2.41. The Morgan fingerprint density at radius 1 is 1.28 bits per heavy atom. The lowest BCUT2D eigenvalue weighted by molar-refractivity contribution is -0.144. The van der Waals surface area contributed by atoms with Crippen LogP contribution in [0.5, 0.6) is 0 Å². The lowest BCUT2D eigenvalue weighted by Crippen LogP contribution is -2.52. The Hall–Kier alpha value is -3.13. The molecule has 0 aliphatic carbocycles. The van der Waals surface area contributed by atoms with Gasteiger partial charge in [-0.25, -0.2) is 0 Å². The SMILES string of the molecule is [2H]c1cc2c(cc1C([2H])CC(=O)C(F)(F)c1ccc(Cl)cc1)C([2H])N(C1CCC(=O)NC1=O)C2=O. The molecule has 9 heteroatoms. The highest BCUT2D eigenvalue weighted by molar-refractivity contribution is 6.30. The first-order chi connectivity index (χ1) is 16.4. The van der Waals surface area contributed by atoms with Crippen LogP contribution in [0, 0.1) is 0 Å². The fraction of sp³-hybridized carbons (Fsp3) is 0.304. The molecule has 3 amide bonds. The third kappa shape index (κ3) is 4.14. The minimum Gasteiger partial charge on any atom is -0.322 e. The average molecular weight is 464 g/mol. The largest absolute Gasteiger partial charge is 0.330 e. The van der Waals surface area contributed by atoms with Gasteiger partial charge in [0.1, 0.15) is 6.04 Å². The third-order valence-corrected chi connectivity index (χ3v) is 5.61. The number of aryl methyl sites for hydroxylation is 1. The Balaban J connectivity index is 1.57. The first-order valence-electron chi connectivity index (χ1n) is 11.4. The van der Waals surface area contributed by atoms with E-state index in [2.05, 4.69) is 5.32 Å². The molecule has 0 bridgehead atoms. The maximum atomic E-state index is 14.6. The molecule has 2 aliphatic heterocycles. The number of fused-ring (bicyclic) bond motifs is 1. The number of halogens is 3. The van der Waals surface area contributed by atoms with Crippen molar-refractivity contribution >= 4 is 35.1 Å². The predicted octanol–water partition coefficient (Wildman–Crippen LogP) is 3.39. The standard InChI is InChI=1S/C23H19ClF2N2O4/c24-16-5-3-15(4-6-16)23(25,26)19(29)9-2-13-1-7-17-14(11-13)12-28(22(17)32)18-8-10-20(30)27-21(18)31/h1,3-7,11,18H,2,8-10,12H2,(H,27,30,31)/i1D,2D,12D. The van der Waals surface area contributed by atoms with Gasteiger partial charge in [-0.2, -0.15) is 8.78 Å². The summed E-state index contributed by atoms with van der Waals surface area (Å²) in [6, 6.07) is 5.43. The summed E-state index contributed by atoms with van der Waals surface area (Å²) in [5.74, 6) is -7.27. The number of amides is 3. The number of alkyl halides is 2. The van der Waals surface area contributed by atoms with E-state index in [4.69, 9.17) is 15.7 Å². The van der Waals surface area contributed by atoms with Gasteiger partial charge in [0.15, 0.2) is 0 Å². The van der Waals surface area contributed by atoms with Crippen LogP contribution in [0.25, 0.3) is 0 Å². The molecule has 2 aromatic carbocycles. The third-order valence-electron chi connectivity index (χ3n) is 5.36. The van der Waals surface area contributed by atoms with Gasteiger partial charge in [0.25, 0.3) is 5.91 Å². The number of Topliss-reactive ketones (excluding diaryl/α,β-unsaturated/α-hetero) is 1. The monoisotopic (exact) mass is 463 g/mol. The number of piperidine rings is 1. The van der Waals surface area contributed by atoms with Gasteiger partial charge in [0.05, 0.1) is 2.74 Å². The normalized spacial score (nSPS) is 23.2. The first-order valence-corrected chi connectivity index (χ1v) is 10.1. The van der Waals surface area contributed by atoms with Crippen molar-refractivity contribution in [3.8, 4) is 0 Å². The number of nitrogens with one attached hydrogen (secondary N) is 1. The van der Waals surface area contributed by atoms with E-state index in [1.54, 1.807) is 0 Å². The minimum atomic E-state index is -3.88. The van der Waals surface area contributed by atoms with Gasteiger partial charge >= 0.3 is 5.92 Å². The van der Waals surface area contributed by atoms with Crippen molar-refractivity contribution < 1.29 is 32.1 Å². The Bertz CT molecular complexity index is 1240. The highest BCUT2D eigenvalue weighted by atomic mass is 35.5. The van der Waals surface area contributed by atoms with Crippen LogP contribution in [0.3, 0.4) is 0 Å². The molecule has 2 aliphatic rings. The first kappa shape index (κ1) is 18.4. The lowest BCUT2D eigenvalue weighted by atomic mass is 9.97. The fourth-order valence-corrected chi connectivity index (χ4v) is 3.74. The molecule has 0 spiro atoms. The van der Waals surface area contributed by atoms with Crippen LogP contribution in [0.2, 0.25) is 5.02 Å². The van der Waals surface area contributed by atoms with Crippen molar-refractivity contribution in [3.63, 3.8) is 0 Å². The maximum absolute atomic E-state index is 14.6. The van der Waals surface area contributed by atoms with Crippen LogP contribution in [0.15, 0.2) is 42.4 Å². The zero-order chi connectivity index (χ0) is 25.7. The number of hydrogen-bond donors (Lipinski definition) is 1. The van der Waals surface area contributed by atoms with E-state index in [0.29, 0.717) is 0 Å². The summed E-state index contributed by atoms with van der Waals surface area (Å²) in [5.41, 5.74) is -0.594. The molecule has 1 fully saturated rings. The van der Waals surface area contributed by atoms with E-state index < -0.39 is 60.4 Å². The van der Waals surface area contributed by atoms with Gasteiger partial charge in [-0.3, -0.25) is 24.5 Å². The van der Waals surface area contributed by atoms with E-state index in [-0.39, 0.29) is 40.6 Å². The number of carbonyl (C=O) groups is 4. The van der Waals surface area contributed by atoms with Crippen molar-refractivity contribution in [2.24, 2.45) is 0 Å². The second kappa shape index (κ2) is 8.43. The minimum absolute atomic E-state index is 0.00304. The van der Waals surface area contributed by atoms with E-state index in [9.17, 15) is 28.0 Å². The smallest absolute Gasteiger partial charge is 0.322 e. The van der Waals surface area contributed by atoms with E-state index in [1.165, 1.54) is 18.2 Å². The zero-order valence-corrected chi connectivity index (χ0v) is 17.3. The number of hydrogen-bond acceptors (Lipinski definition) is 4. The predicted molar refractivity (Wildman–Crippen MR) is 111 cm³/mol. The molecule has 32 heavy (non-hydrogen) atoms. The molecular formula is C23H19ClF2N2O4. The zero-order valence-electron chi connectivity index (χ0n) is 19.5. The van der Waals surface area contributed by atoms with Crippen LogP contribution >= 0.6 is 11.6 Å². The van der Waals surface area contributed by atoms with Crippen molar-refractivity contribution in [2.75, 3.05) is 0 Å². The van der Waals surface area contributed by atoms with Crippen molar-refractivity contribution in [1.82, 2.24) is 10.2 Å². The number of imide groups is 1. The number of benzene rings is 2. The molecule has 1 saturated heterocycles. The van der Waals surface area contributed by atoms with Crippen LogP contribution in [-0.4, -0.2) is 34.4 Å². The molecular weight excluding hydrogens is 442 g/mol. The Labute approximate surface area is 191 Å². The van der Waals surface area contributed by atoms with Gasteiger partial charge in [-0.05, 0) is 42.1 Å². The second-order valence-corrected chi connectivity index (χ2v) is 7.91.